The molecule has 2 fully saturated rings. The van der Waals surface area contributed by atoms with Gasteiger partial charge in [0.1, 0.15) is 23.0 Å². The molecule has 5 rings (SSSR count). The van der Waals surface area contributed by atoms with Crippen molar-refractivity contribution in [2.45, 2.75) is 43.8 Å². The summed E-state index contributed by atoms with van der Waals surface area (Å²) >= 11 is 0. The standard InChI is InChI=1S/C16H16O2/c1-2-7-12-11(6-1)14-15(17-12)13-9-10-5-3-4-8-16(10,14)18-13/h1-2,6-7,10,13H,3-5,8-9H2/t10-,13+,16-/m0/s1. The van der Waals surface area contributed by atoms with Gasteiger partial charge in [0.2, 0.25) is 0 Å². The van der Waals surface area contributed by atoms with Gasteiger partial charge in [-0.15, -0.1) is 0 Å². The van der Waals surface area contributed by atoms with Crippen molar-refractivity contribution in [3.05, 3.63) is 35.6 Å². The zero-order valence-electron chi connectivity index (χ0n) is 10.3. The van der Waals surface area contributed by atoms with Gasteiger partial charge in [0.05, 0.1) is 0 Å². The molecular formula is C16H16O2. The van der Waals surface area contributed by atoms with Crippen LogP contribution in [-0.4, -0.2) is 0 Å². The lowest BCUT2D eigenvalue weighted by molar-refractivity contribution is -0.0622. The molecule has 0 amide bonds. The second-order valence-electron chi connectivity index (χ2n) is 6.01. The Kier molecular flexibility index (Phi) is 1.60. The van der Waals surface area contributed by atoms with E-state index in [1.807, 2.05) is 0 Å². The third kappa shape index (κ3) is 0.925. The van der Waals surface area contributed by atoms with Crippen molar-refractivity contribution in [1.82, 2.24) is 0 Å². The summed E-state index contributed by atoms with van der Waals surface area (Å²) in [6, 6.07) is 8.45. The van der Waals surface area contributed by atoms with Crippen molar-refractivity contribution in [3.8, 4) is 0 Å². The molecule has 2 heteroatoms. The highest BCUT2D eigenvalue weighted by Gasteiger charge is 2.60. The van der Waals surface area contributed by atoms with Crippen LogP contribution in [0.15, 0.2) is 28.7 Å². The highest BCUT2D eigenvalue weighted by molar-refractivity contribution is 5.84. The number of rotatable bonds is 0. The molecule has 2 aliphatic heterocycles. The van der Waals surface area contributed by atoms with E-state index >= 15 is 0 Å². The molecule has 1 aromatic carbocycles. The predicted molar refractivity (Wildman–Crippen MR) is 68.3 cm³/mol. The van der Waals surface area contributed by atoms with Crippen molar-refractivity contribution < 1.29 is 9.15 Å². The molecular weight excluding hydrogens is 224 g/mol. The number of hydrogen-bond donors (Lipinski definition) is 0. The van der Waals surface area contributed by atoms with E-state index in [9.17, 15) is 0 Å². The van der Waals surface area contributed by atoms with Crippen LogP contribution in [0.25, 0.3) is 11.0 Å². The Balaban J connectivity index is 1.84. The zero-order valence-corrected chi connectivity index (χ0v) is 10.3. The summed E-state index contributed by atoms with van der Waals surface area (Å²) in [4.78, 5) is 0. The number of ether oxygens (including phenoxy) is 1. The largest absolute Gasteiger partial charge is 0.458 e. The van der Waals surface area contributed by atoms with Crippen LogP contribution in [0.4, 0.5) is 0 Å². The Labute approximate surface area is 106 Å². The van der Waals surface area contributed by atoms with Crippen LogP contribution in [0.5, 0.6) is 0 Å². The summed E-state index contributed by atoms with van der Waals surface area (Å²) in [5.74, 6) is 1.86. The third-order valence-corrected chi connectivity index (χ3v) is 5.20. The first-order valence-electron chi connectivity index (χ1n) is 7.08. The highest BCUT2D eigenvalue weighted by atomic mass is 16.5. The van der Waals surface area contributed by atoms with E-state index < -0.39 is 0 Å². The lowest BCUT2D eigenvalue weighted by atomic mass is 9.68. The summed E-state index contributed by atoms with van der Waals surface area (Å²) in [5, 5.41) is 1.29. The molecule has 1 aromatic heterocycles. The minimum absolute atomic E-state index is 0.00481. The summed E-state index contributed by atoms with van der Waals surface area (Å²) in [5.41, 5.74) is 2.45. The van der Waals surface area contributed by atoms with Crippen molar-refractivity contribution in [3.63, 3.8) is 0 Å². The van der Waals surface area contributed by atoms with Crippen LogP contribution >= 0.6 is 0 Å². The molecule has 92 valence electrons. The van der Waals surface area contributed by atoms with Crippen LogP contribution in [0.3, 0.4) is 0 Å². The van der Waals surface area contributed by atoms with Gasteiger partial charge >= 0.3 is 0 Å². The van der Waals surface area contributed by atoms with Gasteiger partial charge in [-0.3, -0.25) is 0 Å². The second kappa shape index (κ2) is 3.00. The van der Waals surface area contributed by atoms with Crippen molar-refractivity contribution in [2.75, 3.05) is 0 Å². The fourth-order valence-electron chi connectivity index (χ4n) is 4.52. The van der Waals surface area contributed by atoms with E-state index in [1.54, 1.807) is 0 Å². The second-order valence-corrected chi connectivity index (χ2v) is 6.01. The lowest BCUT2D eigenvalue weighted by Gasteiger charge is -2.37. The van der Waals surface area contributed by atoms with Crippen molar-refractivity contribution >= 4 is 11.0 Å². The Bertz CT molecular complexity index is 642. The molecule has 18 heavy (non-hydrogen) atoms. The van der Waals surface area contributed by atoms with Crippen LogP contribution in [0.2, 0.25) is 0 Å². The van der Waals surface area contributed by atoms with E-state index in [0.29, 0.717) is 0 Å². The quantitative estimate of drug-likeness (QED) is 0.685. The van der Waals surface area contributed by atoms with Gasteiger partial charge in [0.25, 0.3) is 0 Å². The fourth-order valence-corrected chi connectivity index (χ4v) is 4.52. The van der Waals surface area contributed by atoms with Gasteiger partial charge in [-0.2, -0.15) is 0 Å². The summed E-state index contributed by atoms with van der Waals surface area (Å²) < 4.78 is 12.5. The monoisotopic (exact) mass is 240 g/mol. The number of fused-ring (bicyclic) bond motifs is 5. The molecule has 3 atom stereocenters. The number of benzene rings is 1. The van der Waals surface area contributed by atoms with Gasteiger partial charge in [0, 0.05) is 10.9 Å². The third-order valence-electron chi connectivity index (χ3n) is 5.20. The Morgan fingerprint density at radius 3 is 3.11 bits per heavy atom. The first-order chi connectivity index (χ1) is 8.88. The number of hydrogen-bond acceptors (Lipinski definition) is 2. The minimum atomic E-state index is 0.00481. The minimum Gasteiger partial charge on any atom is -0.458 e. The average Bonchev–Trinajstić information content (AvgIpc) is 3.04. The van der Waals surface area contributed by atoms with E-state index in [-0.39, 0.29) is 11.7 Å². The van der Waals surface area contributed by atoms with Crippen LogP contribution in [0.1, 0.15) is 49.5 Å². The molecule has 1 saturated carbocycles. The maximum atomic E-state index is 6.39. The fraction of sp³-hybridized carbons (Fsp3) is 0.500. The summed E-state index contributed by atoms with van der Waals surface area (Å²) in [6.07, 6.45) is 6.58. The Morgan fingerprint density at radius 2 is 2.11 bits per heavy atom. The SMILES string of the molecule is c1ccc2c3c(oc2c1)[C@H]1C[C@@H]2CCCC[C@@]32O1. The first-order valence-corrected chi connectivity index (χ1v) is 7.08. The molecule has 2 bridgehead atoms. The topological polar surface area (TPSA) is 22.4 Å². The Hall–Kier alpha value is -1.28. The molecule has 3 aliphatic rings. The number of furan rings is 1. The van der Waals surface area contributed by atoms with E-state index in [0.717, 1.165) is 17.3 Å². The first kappa shape index (κ1) is 9.62. The van der Waals surface area contributed by atoms with E-state index in [1.165, 1.54) is 43.1 Å². The average molecular weight is 240 g/mol. The molecule has 1 aliphatic carbocycles. The van der Waals surface area contributed by atoms with Crippen molar-refractivity contribution in [2.24, 2.45) is 5.92 Å². The van der Waals surface area contributed by atoms with Gasteiger partial charge < -0.3 is 9.15 Å². The maximum absolute atomic E-state index is 6.39. The smallest absolute Gasteiger partial charge is 0.140 e. The van der Waals surface area contributed by atoms with E-state index in [2.05, 4.69) is 24.3 Å². The van der Waals surface area contributed by atoms with Gasteiger partial charge in [-0.1, -0.05) is 31.0 Å². The normalized spacial score (nSPS) is 36.9. The predicted octanol–water partition coefficient (Wildman–Crippen LogP) is 4.29. The molecule has 0 unspecified atom stereocenters. The molecule has 0 radical (unpaired) electrons. The molecule has 2 aromatic rings. The van der Waals surface area contributed by atoms with Gasteiger partial charge in [0.15, 0.2) is 0 Å². The van der Waals surface area contributed by atoms with Gasteiger partial charge in [-0.05, 0) is 31.2 Å². The van der Waals surface area contributed by atoms with Crippen molar-refractivity contribution in [1.29, 1.82) is 0 Å². The zero-order chi connectivity index (χ0) is 11.7. The maximum Gasteiger partial charge on any atom is 0.140 e. The molecule has 3 heterocycles. The molecule has 1 spiro atoms. The number of para-hydroxylation sites is 1. The van der Waals surface area contributed by atoms with Gasteiger partial charge in [-0.25, -0.2) is 0 Å². The van der Waals surface area contributed by atoms with Crippen LogP contribution in [-0.2, 0) is 10.3 Å². The molecule has 2 nitrogen and oxygen atoms in total. The Morgan fingerprint density at radius 1 is 1.17 bits per heavy atom. The summed E-state index contributed by atoms with van der Waals surface area (Å²) in [7, 11) is 0. The van der Waals surface area contributed by atoms with E-state index in [4.69, 9.17) is 9.15 Å². The van der Waals surface area contributed by atoms with Crippen LogP contribution in [0, 0.1) is 5.92 Å². The highest BCUT2D eigenvalue weighted by Crippen LogP contribution is 2.64. The summed E-state index contributed by atoms with van der Waals surface area (Å²) in [6.45, 7) is 0. The lowest BCUT2D eigenvalue weighted by Crippen LogP contribution is -2.34. The molecule has 0 N–H and O–H groups in total. The molecule has 1 saturated heterocycles. The van der Waals surface area contributed by atoms with Crippen LogP contribution < -0.4 is 0 Å².